The van der Waals surface area contributed by atoms with Crippen LogP contribution in [0.1, 0.15) is 44.6 Å². The Kier molecular flexibility index (Phi) is 6.85. The molecule has 0 bridgehead atoms. The van der Waals surface area contributed by atoms with E-state index in [0.29, 0.717) is 34.9 Å². The minimum absolute atomic E-state index is 0.0342. The Labute approximate surface area is 178 Å². The molecule has 1 aliphatic rings. The number of nitrogens with one attached hydrogen (secondary N) is 1. The molecule has 1 heterocycles. The maximum Gasteiger partial charge on any atom is 0.235 e. The van der Waals surface area contributed by atoms with E-state index in [4.69, 9.17) is 9.15 Å². The van der Waals surface area contributed by atoms with Crippen molar-refractivity contribution in [2.24, 2.45) is 11.8 Å². The number of hydrogen-bond donors (Lipinski definition) is 1. The van der Waals surface area contributed by atoms with Gasteiger partial charge in [-0.25, -0.2) is 13.4 Å². The largest absolute Gasteiger partial charge is 0.497 e. The van der Waals surface area contributed by atoms with Crippen molar-refractivity contribution in [3.63, 3.8) is 0 Å². The summed E-state index contributed by atoms with van der Waals surface area (Å²) >= 11 is 0. The number of aryl methyl sites for hydroxylation is 1. The number of rotatable bonds is 7. The van der Waals surface area contributed by atoms with E-state index in [9.17, 15) is 13.2 Å². The van der Waals surface area contributed by atoms with Gasteiger partial charge in [0.1, 0.15) is 17.3 Å². The van der Waals surface area contributed by atoms with E-state index in [-0.39, 0.29) is 11.8 Å². The van der Waals surface area contributed by atoms with Crippen LogP contribution in [0.2, 0.25) is 0 Å². The van der Waals surface area contributed by atoms with Crippen LogP contribution in [-0.2, 0) is 20.4 Å². The predicted octanol–water partition coefficient (Wildman–Crippen LogP) is 3.51. The van der Waals surface area contributed by atoms with Crippen LogP contribution < -0.4 is 10.1 Å². The average molecular weight is 435 g/mol. The minimum Gasteiger partial charge on any atom is -0.497 e. The number of carbonyl (C=O) groups is 1. The third kappa shape index (κ3) is 5.41. The number of hydrogen-bond acceptors (Lipinski definition) is 6. The van der Waals surface area contributed by atoms with Crippen LogP contribution in [0.4, 0.5) is 0 Å². The van der Waals surface area contributed by atoms with Crippen LogP contribution >= 0.6 is 0 Å². The summed E-state index contributed by atoms with van der Waals surface area (Å²) in [7, 11) is -2.09. The molecule has 7 nitrogen and oxygen atoms in total. The fourth-order valence-corrected chi connectivity index (χ4v) is 5.18. The Morgan fingerprint density at radius 1 is 1.23 bits per heavy atom. The molecule has 0 aliphatic heterocycles. The number of carbonyl (C=O) groups excluding carboxylic acids is 1. The number of nitrogens with zero attached hydrogens (tertiary/aromatic N) is 1. The second kappa shape index (κ2) is 9.20. The fraction of sp³-hybridized carbons (Fsp3) is 0.545. The summed E-state index contributed by atoms with van der Waals surface area (Å²) in [5.41, 5.74) is 1.05. The van der Waals surface area contributed by atoms with Gasteiger partial charge in [0.25, 0.3) is 0 Å². The Hall–Kier alpha value is -2.35. The Bertz CT molecular complexity index is 981. The average Bonchev–Trinajstić information content (AvgIpc) is 3.04. The van der Waals surface area contributed by atoms with E-state index < -0.39 is 21.5 Å². The molecule has 0 spiro atoms. The van der Waals surface area contributed by atoms with Gasteiger partial charge in [0.05, 0.1) is 18.6 Å². The predicted molar refractivity (Wildman–Crippen MR) is 115 cm³/mol. The highest BCUT2D eigenvalue weighted by Crippen LogP contribution is 2.29. The van der Waals surface area contributed by atoms with E-state index in [1.165, 1.54) is 0 Å². The number of amides is 1. The Morgan fingerprint density at radius 3 is 2.60 bits per heavy atom. The van der Waals surface area contributed by atoms with Gasteiger partial charge in [0.2, 0.25) is 11.8 Å². The van der Waals surface area contributed by atoms with E-state index >= 15 is 0 Å². The SMILES string of the molecule is COc1ccc(-c2nc(CS(=O)(=O)CC(=O)NC3CCCC(C)C3C)c(C)o2)cc1. The van der Waals surface area contributed by atoms with Gasteiger partial charge in [-0.15, -0.1) is 0 Å². The molecule has 3 rings (SSSR count). The Morgan fingerprint density at radius 2 is 1.93 bits per heavy atom. The van der Waals surface area contributed by atoms with Crippen molar-refractivity contribution < 1.29 is 22.4 Å². The highest BCUT2D eigenvalue weighted by Gasteiger charge is 2.30. The van der Waals surface area contributed by atoms with Crippen molar-refractivity contribution in [2.45, 2.75) is 51.8 Å². The molecule has 2 aromatic rings. The van der Waals surface area contributed by atoms with Gasteiger partial charge in [-0.05, 0) is 49.4 Å². The molecular formula is C22H30N2O5S. The molecule has 1 fully saturated rings. The van der Waals surface area contributed by atoms with Crippen LogP contribution in [0.15, 0.2) is 28.7 Å². The van der Waals surface area contributed by atoms with Gasteiger partial charge in [-0.3, -0.25) is 4.79 Å². The van der Waals surface area contributed by atoms with Gasteiger partial charge >= 0.3 is 0 Å². The molecule has 1 aromatic heterocycles. The van der Waals surface area contributed by atoms with Crippen LogP contribution in [0.3, 0.4) is 0 Å². The van der Waals surface area contributed by atoms with Gasteiger partial charge in [-0.2, -0.15) is 0 Å². The lowest BCUT2D eigenvalue weighted by molar-refractivity contribution is -0.120. The molecule has 1 aliphatic carbocycles. The summed E-state index contributed by atoms with van der Waals surface area (Å²) in [5.74, 6) is 1.02. The van der Waals surface area contributed by atoms with Gasteiger partial charge < -0.3 is 14.5 Å². The fourth-order valence-electron chi connectivity index (χ4n) is 3.91. The Balaban J connectivity index is 1.64. The first-order valence-electron chi connectivity index (χ1n) is 10.3. The van der Waals surface area contributed by atoms with Crippen molar-refractivity contribution in [3.8, 4) is 17.2 Å². The van der Waals surface area contributed by atoms with Gasteiger partial charge in [0, 0.05) is 11.6 Å². The number of oxazole rings is 1. The maximum atomic E-state index is 12.6. The van der Waals surface area contributed by atoms with E-state index in [2.05, 4.69) is 24.1 Å². The third-order valence-corrected chi connectivity index (χ3v) is 7.41. The number of aromatic nitrogens is 1. The topological polar surface area (TPSA) is 98.5 Å². The van der Waals surface area contributed by atoms with E-state index in [1.807, 2.05) is 0 Å². The summed E-state index contributed by atoms with van der Waals surface area (Å²) in [6.07, 6.45) is 3.09. The maximum absolute atomic E-state index is 12.6. The first-order chi connectivity index (χ1) is 14.2. The normalized spacial score (nSPS) is 21.9. The van der Waals surface area contributed by atoms with E-state index in [0.717, 1.165) is 24.8 Å². The summed E-state index contributed by atoms with van der Waals surface area (Å²) < 4.78 is 36.0. The minimum atomic E-state index is -3.67. The zero-order chi connectivity index (χ0) is 21.9. The molecule has 1 saturated carbocycles. The monoisotopic (exact) mass is 434 g/mol. The molecule has 8 heteroatoms. The first-order valence-corrected chi connectivity index (χ1v) is 12.1. The number of benzene rings is 1. The quantitative estimate of drug-likeness (QED) is 0.716. The van der Waals surface area contributed by atoms with Crippen molar-refractivity contribution in [3.05, 3.63) is 35.7 Å². The standard InChI is InChI=1S/C22H30N2O5S/c1-14-6-5-7-19(15(14)2)23-21(25)13-30(26,27)12-20-16(3)29-22(24-20)17-8-10-18(28-4)11-9-17/h8-11,14-15,19H,5-7,12-13H2,1-4H3,(H,23,25). The molecule has 0 saturated heterocycles. The second-order valence-corrected chi connectivity index (χ2v) is 10.3. The molecule has 30 heavy (non-hydrogen) atoms. The first kappa shape index (κ1) is 22.3. The number of sulfone groups is 1. The van der Waals surface area contributed by atoms with Crippen molar-refractivity contribution in [1.82, 2.24) is 10.3 Å². The number of methoxy groups -OCH3 is 1. The third-order valence-electron chi connectivity index (χ3n) is 5.99. The van der Waals surface area contributed by atoms with Crippen molar-refractivity contribution in [1.29, 1.82) is 0 Å². The highest BCUT2D eigenvalue weighted by molar-refractivity contribution is 7.91. The molecular weight excluding hydrogens is 404 g/mol. The van der Waals surface area contributed by atoms with Crippen molar-refractivity contribution >= 4 is 15.7 Å². The summed E-state index contributed by atoms with van der Waals surface area (Å²) in [6.45, 7) is 5.96. The molecule has 1 amide bonds. The molecule has 0 radical (unpaired) electrons. The summed E-state index contributed by atoms with van der Waals surface area (Å²) in [4.78, 5) is 16.7. The summed E-state index contributed by atoms with van der Waals surface area (Å²) in [6, 6.07) is 7.18. The lowest BCUT2D eigenvalue weighted by Crippen LogP contribution is -2.45. The zero-order valence-corrected chi connectivity index (χ0v) is 18.8. The summed E-state index contributed by atoms with van der Waals surface area (Å²) in [5, 5.41) is 2.92. The van der Waals surface area contributed by atoms with Crippen LogP contribution in [-0.4, -0.2) is 38.2 Å². The van der Waals surface area contributed by atoms with Crippen LogP contribution in [0.5, 0.6) is 5.75 Å². The van der Waals surface area contributed by atoms with Crippen molar-refractivity contribution in [2.75, 3.05) is 12.9 Å². The highest BCUT2D eigenvalue weighted by atomic mass is 32.2. The second-order valence-electron chi connectivity index (χ2n) is 8.22. The molecule has 1 N–H and O–H groups in total. The van der Waals surface area contributed by atoms with Gasteiger partial charge in [0.15, 0.2) is 9.84 Å². The lowest BCUT2D eigenvalue weighted by atomic mass is 9.78. The van der Waals surface area contributed by atoms with Crippen LogP contribution in [0, 0.1) is 18.8 Å². The van der Waals surface area contributed by atoms with Crippen LogP contribution in [0.25, 0.3) is 11.5 Å². The van der Waals surface area contributed by atoms with E-state index in [1.54, 1.807) is 38.3 Å². The lowest BCUT2D eigenvalue weighted by Gasteiger charge is -2.34. The molecule has 164 valence electrons. The molecule has 3 unspecified atom stereocenters. The van der Waals surface area contributed by atoms with Gasteiger partial charge in [-0.1, -0.05) is 26.7 Å². The smallest absolute Gasteiger partial charge is 0.235 e. The molecule has 3 atom stereocenters. The number of ether oxygens (including phenoxy) is 1. The molecule has 1 aromatic carbocycles. The zero-order valence-electron chi connectivity index (χ0n) is 18.0.